The Morgan fingerprint density at radius 3 is 1.16 bits per heavy atom. The third-order valence-corrected chi connectivity index (χ3v) is 10.7. The van der Waals surface area contributed by atoms with Gasteiger partial charge in [-0.2, -0.15) is 0 Å². The molecule has 1 atom stereocenters. The summed E-state index contributed by atoms with van der Waals surface area (Å²) in [4.78, 5) is 38.0. The van der Waals surface area contributed by atoms with Crippen molar-refractivity contribution < 1.29 is 28.6 Å². The van der Waals surface area contributed by atoms with E-state index in [2.05, 4.69) is 99.8 Å². The molecule has 0 rings (SSSR count). The SMILES string of the molecule is CC\C=C/C=C\C=C/C=C\C=C/CCCC(=O)OCC(COC(=O)CCCCCCCCC/C=C\CCCCCCCCCC)OC(=O)CCC/C=C\C/C=C\C/C=C\C/C=C\C/C=C\CC. The minimum Gasteiger partial charge on any atom is -0.462 e. The van der Waals surface area contributed by atoms with Crippen LogP contribution < -0.4 is 0 Å². The van der Waals surface area contributed by atoms with Crippen molar-refractivity contribution in [3.05, 3.63) is 134 Å². The Hall–Kier alpha value is -4.45. The first kappa shape index (κ1) is 62.5. The molecule has 0 radical (unpaired) electrons. The van der Waals surface area contributed by atoms with Gasteiger partial charge in [0.1, 0.15) is 13.2 Å². The molecule has 0 aromatic rings. The number of rotatable bonds is 46. The van der Waals surface area contributed by atoms with Crippen LogP contribution in [0.15, 0.2) is 134 Å². The molecule has 0 aliphatic heterocycles. The highest BCUT2D eigenvalue weighted by Gasteiger charge is 2.19. The molecule has 0 heterocycles. The van der Waals surface area contributed by atoms with Gasteiger partial charge in [0.05, 0.1) is 0 Å². The van der Waals surface area contributed by atoms with Crippen molar-refractivity contribution in [2.45, 2.75) is 219 Å². The molecule has 0 bridgehead atoms. The number of carbonyl (C=O) groups excluding carboxylic acids is 3. The van der Waals surface area contributed by atoms with Gasteiger partial charge < -0.3 is 14.2 Å². The molecule has 67 heavy (non-hydrogen) atoms. The molecule has 376 valence electrons. The normalized spacial score (nSPS) is 13.2. The van der Waals surface area contributed by atoms with Gasteiger partial charge in [-0.25, -0.2) is 0 Å². The summed E-state index contributed by atoms with van der Waals surface area (Å²) < 4.78 is 16.7. The lowest BCUT2D eigenvalue weighted by molar-refractivity contribution is -0.167. The molecule has 0 fully saturated rings. The van der Waals surface area contributed by atoms with E-state index in [1.807, 2.05) is 54.7 Å². The van der Waals surface area contributed by atoms with Gasteiger partial charge in [-0.05, 0) is 96.3 Å². The van der Waals surface area contributed by atoms with E-state index in [9.17, 15) is 14.4 Å². The van der Waals surface area contributed by atoms with Crippen molar-refractivity contribution >= 4 is 17.9 Å². The minimum atomic E-state index is -0.843. The van der Waals surface area contributed by atoms with Crippen molar-refractivity contribution in [1.82, 2.24) is 0 Å². The predicted molar refractivity (Wildman–Crippen MR) is 288 cm³/mol. The van der Waals surface area contributed by atoms with E-state index in [1.54, 1.807) is 0 Å². The maximum Gasteiger partial charge on any atom is 0.306 e. The second kappa shape index (κ2) is 54.2. The Morgan fingerprint density at radius 2 is 0.672 bits per heavy atom. The molecule has 0 aliphatic rings. The van der Waals surface area contributed by atoms with Crippen molar-refractivity contribution in [3.63, 3.8) is 0 Å². The van der Waals surface area contributed by atoms with Crippen molar-refractivity contribution in [2.24, 2.45) is 0 Å². The van der Waals surface area contributed by atoms with Crippen LogP contribution in [0.5, 0.6) is 0 Å². The molecule has 0 aliphatic carbocycles. The van der Waals surface area contributed by atoms with Crippen LogP contribution >= 0.6 is 0 Å². The maximum atomic E-state index is 12.8. The lowest BCUT2D eigenvalue weighted by atomic mass is 10.1. The van der Waals surface area contributed by atoms with Gasteiger partial charge in [-0.1, -0.05) is 231 Å². The van der Waals surface area contributed by atoms with Crippen molar-refractivity contribution in [1.29, 1.82) is 0 Å². The molecule has 0 aromatic carbocycles. The fourth-order valence-electron chi connectivity index (χ4n) is 6.80. The van der Waals surface area contributed by atoms with Crippen LogP contribution in [-0.4, -0.2) is 37.2 Å². The molecule has 0 N–H and O–H groups in total. The van der Waals surface area contributed by atoms with Gasteiger partial charge in [0.25, 0.3) is 0 Å². The Morgan fingerprint density at radius 1 is 0.328 bits per heavy atom. The first-order chi connectivity index (χ1) is 33.0. The highest BCUT2D eigenvalue weighted by atomic mass is 16.6. The Bertz CT molecular complexity index is 1480. The summed E-state index contributed by atoms with van der Waals surface area (Å²) in [5.74, 6) is -1.08. The van der Waals surface area contributed by atoms with Crippen LogP contribution in [0.1, 0.15) is 213 Å². The minimum absolute atomic E-state index is 0.130. The average Bonchev–Trinajstić information content (AvgIpc) is 3.33. The number of hydrogen-bond acceptors (Lipinski definition) is 6. The third kappa shape index (κ3) is 52.4. The Labute approximate surface area is 411 Å². The monoisotopic (exact) mass is 925 g/mol. The molecule has 0 saturated carbocycles. The zero-order chi connectivity index (χ0) is 48.6. The van der Waals surface area contributed by atoms with Crippen LogP contribution in [0.4, 0.5) is 0 Å². The van der Waals surface area contributed by atoms with Gasteiger partial charge >= 0.3 is 17.9 Å². The molecule has 6 heteroatoms. The van der Waals surface area contributed by atoms with Crippen LogP contribution in [0.25, 0.3) is 0 Å². The van der Waals surface area contributed by atoms with E-state index in [4.69, 9.17) is 14.2 Å². The van der Waals surface area contributed by atoms with E-state index in [-0.39, 0.29) is 38.0 Å². The zero-order valence-corrected chi connectivity index (χ0v) is 42.9. The number of carbonyl (C=O) groups is 3. The summed E-state index contributed by atoms with van der Waals surface area (Å²) in [6, 6.07) is 0. The Balaban J connectivity index is 4.56. The average molecular weight is 925 g/mol. The number of hydrogen-bond donors (Lipinski definition) is 0. The van der Waals surface area contributed by atoms with E-state index in [1.165, 1.54) is 89.9 Å². The molecular weight excluding hydrogens is 829 g/mol. The maximum absolute atomic E-state index is 12.8. The summed E-state index contributed by atoms with van der Waals surface area (Å²) in [6.07, 6.45) is 76.0. The van der Waals surface area contributed by atoms with Crippen LogP contribution in [-0.2, 0) is 28.6 Å². The molecule has 0 saturated heterocycles. The highest BCUT2D eigenvalue weighted by molar-refractivity contribution is 5.71. The lowest BCUT2D eigenvalue weighted by Crippen LogP contribution is -2.30. The van der Waals surface area contributed by atoms with Crippen molar-refractivity contribution in [2.75, 3.05) is 13.2 Å². The summed E-state index contributed by atoms with van der Waals surface area (Å²) in [5, 5.41) is 0. The summed E-state index contributed by atoms with van der Waals surface area (Å²) in [5.41, 5.74) is 0. The van der Waals surface area contributed by atoms with E-state index >= 15 is 0 Å². The smallest absolute Gasteiger partial charge is 0.306 e. The van der Waals surface area contributed by atoms with Gasteiger partial charge in [-0.15, -0.1) is 0 Å². The summed E-state index contributed by atoms with van der Waals surface area (Å²) in [7, 11) is 0. The quantitative estimate of drug-likeness (QED) is 0.0199. The lowest BCUT2D eigenvalue weighted by Gasteiger charge is -2.18. The Kier molecular flexibility index (Phi) is 50.6. The molecular formula is C61H96O6. The van der Waals surface area contributed by atoms with E-state index in [0.717, 1.165) is 70.6 Å². The summed E-state index contributed by atoms with van der Waals surface area (Å²) >= 11 is 0. The second-order valence-electron chi connectivity index (χ2n) is 17.1. The standard InChI is InChI=1S/C61H96O6/c1-4-7-10-13-16-19-22-25-27-29-30-32-33-36-39-42-45-48-51-54-60(63)66-57-58(56-65-59(62)53-50-47-44-41-38-35-24-21-18-15-12-9-6-3)67-61(64)55-52-49-46-43-40-37-34-31-28-26-23-20-17-14-11-8-5-2/h8-9,11-12,15,17-18,20-21,24,26,28-30,34-35,37-38,41,43-44,46,58H,4-7,10,13-14,16,19,22-23,25,27,31-33,36,39-40,42,45,47-57H2,1-3H3/b11-8-,12-9-,18-15-,20-17-,24-21-,28-26-,30-29-,37-34-,38-35-,44-41-,46-43-. The third-order valence-electron chi connectivity index (χ3n) is 10.7. The molecule has 6 nitrogen and oxygen atoms in total. The van der Waals surface area contributed by atoms with Gasteiger partial charge in [-0.3, -0.25) is 14.4 Å². The van der Waals surface area contributed by atoms with Crippen molar-refractivity contribution in [3.8, 4) is 0 Å². The number of unbranched alkanes of at least 4 members (excludes halogenated alkanes) is 17. The van der Waals surface area contributed by atoms with E-state index < -0.39 is 12.1 Å². The first-order valence-corrected chi connectivity index (χ1v) is 26.8. The molecule has 1 unspecified atom stereocenters. The fourth-order valence-corrected chi connectivity index (χ4v) is 6.80. The largest absolute Gasteiger partial charge is 0.462 e. The number of esters is 3. The highest BCUT2D eigenvalue weighted by Crippen LogP contribution is 2.13. The van der Waals surface area contributed by atoms with Gasteiger partial charge in [0.2, 0.25) is 0 Å². The summed E-state index contributed by atoms with van der Waals surface area (Å²) in [6.45, 7) is 6.25. The zero-order valence-electron chi connectivity index (χ0n) is 42.9. The molecule has 0 spiro atoms. The van der Waals surface area contributed by atoms with Gasteiger partial charge in [0.15, 0.2) is 6.10 Å². The van der Waals surface area contributed by atoms with E-state index in [0.29, 0.717) is 19.3 Å². The van der Waals surface area contributed by atoms with Crippen LogP contribution in [0.3, 0.4) is 0 Å². The molecule has 0 aromatic heterocycles. The fraction of sp³-hybridized carbons (Fsp3) is 0.590. The topological polar surface area (TPSA) is 78.9 Å². The first-order valence-electron chi connectivity index (χ1n) is 26.8. The second-order valence-corrected chi connectivity index (χ2v) is 17.1. The number of allylic oxidation sites excluding steroid dienone is 22. The van der Waals surface area contributed by atoms with Crippen LogP contribution in [0.2, 0.25) is 0 Å². The predicted octanol–water partition coefficient (Wildman–Crippen LogP) is 17.9. The van der Waals surface area contributed by atoms with Gasteiger partial charge in [0, 0.05) is 19.3 Å². The van der Waals surface area contributed by atoms with Crippen LogP contribution in [0, 0.1) is 0 Å². The molecule has 0 amide bonds. The number of ether oxygens (including phenoxy) is 3.